The number of ketones is 1. The van der Waals surface area contributed by atoms with Crippen molar-refractivity contribution in [2.45, 2.75) is 6.42 Å². The standard InChI is InChI=1S/C14H8BrClF2O/c15-10-6-8(4-5-13(10)18)14(19)7-9-11(16)2-1-3-12(9)17/h1-6H,7H2. The van der Waals surface area contributed by atoms with Crippen molar-refractivity contribution in [2.24, 2.45) is 0 Å². The van der Waals surface area contributed by atoms with Gasteiger partial charge in [-0.1, -0.05) is 17.7 Å². The van der Waals surface area contributed by atoms with Crippen molar-refractivity contribution in [3.63, 3.8) is 0 Å². The Labute approximate surface area is 122 Å². The quantitative estimate of drug-likeness (QED) is 0.730. The van der Waals surface area contributed by atoms with Crippen LogP contribution in [0.2, 0.25) is 5.02 Å². The van der Waals surface area contributed by atoms with Gasteiger partial charge in [0.1, 0.15) is 11.6 Å². The lowest BCUT2D eigenvalue weighted by Gasteiger charge is -2.06. The van der Waals surface area contributed by atoms with Crippen molar-refractivity contribution >= 4 is 33.3 Å². The van der Waals surface area contributed by atoms with Crippen LogP contribution in [0.25, 0.3) is 0 Å². The first-order valence-corrected chi connectivity index (χ1v) is 6.57. The molecule has 2 aromatic rings. The van der Waals surface area contributed by atoms with Crippen LogP contribution in [0.5, 0.6) is 0 Å². The summed E-state index contributed by atoms with van der Waals surface area (Å²) in [6.45, 7) is 0. The Bertz CT molecular complexity index is 623. The molecule has 0 saturated heterocycles. The van der Waals surface area contributed by atoms with Gasteiger partial charge in [0.05, 0.1) is 4.47 Å². The van der Waals surface area contributed by atoms with E-state index in [9.17, 15) is 13.6 Å². The van der Waals surface area contributed by atoms with Gasteiger partial charge in [0, 0.05) is 22.6 Å². The number of hydrogen-bond acceptors (Lipinski definition) is 1. The van der Waals surface area contributed by atoms with E-state index in [1.165, 1.54) is 36.4 Å². The fourth-order valence-electron chi connectivity index (χ4n) is 1.63. The molecule has 0 N–H and O–H groups in total. The van der Waals surface area contributed by atoms with Gasteiger partial charge in [0.2, 0.25) is 0 Å². The summed E-state index contributed by atoms with van der Waals surface area (Å²) in [5.74, 6) is -1.31. The van der Waals surface area contributed by atoms with E-state index in [-0.39, 0.29) is 27.3 Å². The van der Waals surface area contributed by atoms with Crippen molar-refractivity contribution in [3.05, 3.63) is 68.7 Å². The van der Waals surface area contributed by atoms with Crippen LogP contribution in [-0.2, 0) is 6.42 Å². The van der Waals surface area contributed by atoms with E-state index in [2.05, 4.69) is 15.9 Å². The number of benzene rings is 2. The highest BCUT2D eigenvalue weighted by Gasteiger charge is 2.14. The molecular weight excluding hydrogens is 338 g/mol. The first kappa shape index (κ1) is 14.2. The SMILES string of the molecule is O=C(Cc1c(F)cccc1Cl)c1ccc(F)c(Br)c1. The first-order chi connectivity index (χ1) is 8.99. The third kappa shape index (κ3) is 3.19. The molecule has 0 heterocycles. The Kier molecular flexibility index (Phi) is 4.32. The Hall–Kier alpha value is -1.26. The first-order valence-electron chi connectivity index (χ1n) is 5.40. The molecule has 0 saturated carbocycles. The molecule has 0 aromatic heterocycles. The number of halogens is 4. The summed E-state index contributed by atoms with van der Waals surface area (Å²) in [7, 11) is 0. The zero-order valence-electron chi connectivity index (χ0n) is 9.59. The molecule has 0 fully saturated rings. The van der Waals surface area contributed by atoms with Crippen molar-refractivity contribution in [2.75, 3.05) is 0 Å². The van der Waals surface area contributed by atoms with Crippen LogP contribution < -0.4 is 0 Å². The third-order valence-electron chi connectivity index (χ3n) is 2.64. The normalized spacial score (nSPS) is 10.5. The molecule has 2 rings (SSSR count). The van der Waals surface area contributed by atoms with Gasteiger partial charge in [-0.2, -0.15) is 0 Å². The van der Waals surface area contributed by atoms with E-state index in [0.717, 1.165) is 0 Å². The molecule has 2 aromatic carbocycles. The summed E-state index contributed by atoms with van der Waals surface area (Å²) in [6.07, 6.45) is -0.163. The van der Waals surface area contributed by atoms with Gasteiger partial charge < -0.3 is 0 Å². The smallest absolute Gasteiger partial charge is 0.167 e. The van der Waals surface area contributed by atoms with Crippen molar-refractivity contribution in [1.29, 1.82) is 0 Å². The zero-order valence-corrected chi connectivity index (χ0v) is 11.9. The van der Waals surface area contributed by atoms with Gasteiger partial charge in [0.25, 0.3) is 0 Å². The van der Waals surface area contributed by atoms with Crippen LogP contribution >= 0.6 is 27.5 Å². The number of carbonyl (C=O) groups is 1. The molecule has 98 valence electrons. The lowest BCUT2D eigenvalue weighted by atomic mass is 10.0. The van der Waals surface area contributed by atoms with Crippen LogP contribution in [-0.4, -0.2) is 5.78 Å². The molecule has 0 radical (unpaired) electrons. The Morgan fingerprint density at radius 2 is 1.89 bits per heavy atom. The maximum atomic E-state index is 13.6. The molecule has 0 bridgehead atoms. The van der Waals surface area contributed by atoms with Gasteiger partial charge in [-0.15, -0.1) is 0 Å². The number of Topliss-reactive ketones (excluding diaryl/α,β-unsaturated/α-hetero) is 1. The largest absolute Gasteiger partial charge is 0.294 e. The molecule has 0 amide bonds. The molecule has 1 nitrogen and oxygen atoms in total. The predicted molar refractivity (Wildman–Crippen MR) is 73.5 cm³/mol. The van der Waals surface area contributed by atoms with E-state index < -0.39 is 11.6 Å². The maximum Gasteiger partial charge on any atom is 0.167 e. The molecule has 0 aliphatic carbocycles. The molecule has 5 heteroatoms. The van der Waals surface area contributed by atoms with Crippen molar-refractivity contribution < 1.29 is 13.6 Å². The maximum absolute atomic E-state index is 13.6. The Balaban J connectivity index is 2.28. The fraction of sp³-hybridized carbons (Fsp3) is 0.0714. The van der Waals surface area contributed by atoms with Crippen LogP contribution in [0, 0.1) is 11.6 Å². The van der Waals surface area contributed by atoms with Gasteiger partial charge in [-0.3, -0.25) is 4.79 Å². The highest BCUT2D eigenvalue weighted by molar-refractivity contribution is 9.10. The minimum atomic E-state index is -0.526. The van der Waals surface area contributed by atoms with Crippen molar-refractivity contribution in [1.82, 2.24) is 0 Å². The lowest BCUT2D eigenvalue weighted by Crippen LogP contribution is -2.06. The average molecular weight is 346 g/mol. The zero-order chi connectivity index (χ0) is 14.0. The summed E-state index contributed by atoms with van der Waals surface area (Å²) in [5.41, 5.74) is 0.446. The highest BCUT2D eigenvalue weighted by Crippen LogP contribution is 2.22. The molecular formula is C14H8BrClF2O. The van der Waals surface area contributed by atoms with Crippen molar-refractivity contribution in [3.8, 4) is 0 Å². The molecule has 0 aliphatic heterocycles. The predicted octanol–water partition coefficient (Wildman–Crippen LogP) is 4.81. The number of rotatable bonds is 3. The summed E-state index contributed by atoms with van der Waals surface area (Å²) in [5, 5.41) is 0.203. The highest BCUT2D eigenvalue weighted by atomic mass is 79.9. The minimum absolute atomic E-state index is 0.148. The summed E-state index contributed by atoms with van der Waals surface area (Å²) < 4.78 is 26.8. The second kappa shape index (κ2) is 5.80. The van der Waals surface area contributed by atoms with Crippen LogP contribution in [0.3, 0.4) is 0 Å². The third-order valence-corrected chi connectivity index (χ3v) is 3.60. The van der Waals surface area contributed by atoms with Gasteiger partial charge in [-0.25, -0.2) is 8.78 Å². The topological polar surface area (TPSA) is 17.1 Å². The monoisotopic (exact) mass is 344 g/mol. The molecule has 0 spiro atoms. The molecule has 0 unspecified atom stereocenters. The van der Waals surface area contributed by atoms with E-state index >= 15 is 0 Å². The molecule has 0 atom stereocenters. The summed E-state index contributed by atoms with van der Waals surface area (Å²) >= 11 is 8.86. The van der Waals surface area contributed by atoms with Crippen LogP contribution in [0.1, 0.15) is 15.9 Å². The summed E-state index contributed by atoms with van der Waals surface area (Å²) in [4.78, 5) is 12.0. The van der Waals surface area contributed by atoms with Gasteiger partial charge in [-0.05, 0) is 46.3 Å². The number of hydrogen-bond donors (Lipinski definition) is 0. The fourth-order valence-corrected chi connectivity index (χ4v) is 2.24. The Morgan fingerprint density at radius 3 is 2.53 bits per heavy atom. The second-order valence-electron chi connectivity index (χ2n) is 3.93. The molecule has 0 aliphatic rings. The minimum Gasteiger partial charge on any atom is -0.294 e. The second-order valence-corrected chi connectivity index (χ2v) is 5.19. The van der Waals surface area contributed by atoms with E-state index in [1.54, 1.807) is 0 Å². The lowest BCUT2D eigenvalue weighted by molar-refractivity contribution is 0.0991. The van der Waals surface area contributed by atoms with Gasteiger partial charge in [0.15, 0.2) is 5.78 Å². The molecule has 19 heavy (non-hydrogen) atoms. The Morgan fingerprint density at radius 1 is 1.16 bits per heavy atom. The van der Waals surface area contributed by atoms with Crippen LogP contribution in [0.15, 0.2) is 40.9 Å². The number of carbonyl (C=O) groups excluding carboxylic acids is 1. The van der Waals surface area contributed by atoms with E-state index in [0.29, 0.717) is 5.56 Å². The average Bonchev–Trinajstić information content (AvgIpc) is 2.37. The van der Waals surface area contributed by atoms with E-state index in [4.69, 9.17) is 11.6 Å². The van der Waals surface area contributed by atoms with Crippen LogP contribution in [0.4, 0.5) is 8.78 Å². The van der Waals surface area contributed by atoms with Gasteiger partial charge >= 0.3 is 0 Å². The summed E-state index contributed by atoms with van der Waals surface area (Å²) in [6, 6.07) is 8.15. The van der Waals surface area contributed by atoms with E-state index in [1.807, 2.05) is 0 Å².